The number of hydrogen-bond acceptors (Lipinski definition) is 3. The van der Waals surface area contributed by atoms with Crippen LogP contribution in [0.4, 0.5) is 0 Å². The van der Waals surface area contributed by atoms with Crippen molar-refractivity contribution in [2.24, 2.45) is 21.7 Å². The Bertz CT molecular complexity index is 698. The summed E-state index contributed by atoms with van der Waals surface area (Å²) in [5.74, 6) is 0.424. The molecule has 122 valence electrons. The predicted molar refractivity (Wildman–Crippen MR) is 97.9 cm³/mol. The molecule has 5 nitrogen and oxygen atoms in total. The first-order valence-electron chi connectivity index (χ1n) is 6.34. The third-order valence-electron chi connectivity index (χ3n) is 2.67. The van der Waals surface area contributed by atoms with E-state index in [0.29, 0.717) is 28.0 Å². The van der Waals surface area contributed by atoms with Gasteiger partial charge >= 0.3 is 0 Å². The fourth-order valence-corrected chi connectivity index (χ4v) is 1.99. The van der Waals surface area contributed by atoms with Crippen molar-refractivity contribution in [3.8, 4) is 5.75 Å². The van der Waals surface area contributed by atoms with Crippen molar-refractivity contribution in [1.29, 1.82) is 0 Å². The van der Waals surface area contributed by atoms with Crippen molar-refractivity contribution in [3.05, 3.63) is 63.6 Å². The van der Waals surface area contributed by atoms with Gasteiger partial charge in [0.1, 0.15) is 12.4 Å². The number of hydrogen-bond donors (Lipinski definition) is 2. The van der Waals surface area contributed by atoms with Crippen molar-refractivity contribution >= 4 is 47.8 Å². The molecule has 0 aromatic heterocycles. The smallest absolute Gasteiger partial charge is 0.211 e. The SMILES string of the molecule is Cl.NC(N)=NN=Cc1cccc(OCc2ccc(Cl)cc2)c1Cl. The Balaban J connectivity index is 0.00000264. The van der Waals surface area contributed by atoms with E-state index in [1.165, 1.54) is 6.21 Å². The van der Waals surface area contributed by atoms with Gasteiger partial charge in [0.05, 0.1) is 11.2 Å². The topological polar surface area (TPSA) is 86.0 Å². The lowest BCUT2D eigenvalue weighted by Crippen LogP contribution is -2.21. The van der Waals surface area contributed by atoms with Crippen LogP contribution in [-0.4, -0.2) is 12.2 Å². The number of rotatable bonds is 5. The zero-order valence-corrected chi connectivity index (χ0v) is 14.3. The lowest BCUT2D eigenvalue weighted by molar-refractivity contribution is 0.306. The highest BCUT2D eigenvalue weighted by molar-refractivity contribution is 6.34. The monoisotopic (exact) mass is 372 g/mol. The maximum atomic E-state index is 6.27. The molecule has 0 bridgehead atoms. The molecule has 0 aliphatic rings. The third-order valence-corrected chi connectivity index (χ3v) is 3.33. The number of ether oxygens (including phenoxy) is 1. The molecule has 0 spiro atoms. The van der Waals surface area contributed by atoms with Gasteiger partial charge in [0.2, 0.25) is 5.96 Å². The minimum Gasteiger partial charge on any atom is -0.487 e. The van der Waals surface area contributed by atoms with E-state index in [2.05, 4.69) is 10.2 Å². The molecule has 0 unspecified atom stereocenters. The highest BCUT2D eigenvalue weighted by Gasteiger charge is 2.06. The summed E-state index contributed by atoms with van der Waals surface area (Å²) < 4.78 is 5.71. The van der Waals surface area contributed by atoms with E-state index in [9.17, 15) is 0 Å². The molecular weight excluding hydrogens is 359 g/mol. The van der Waals surface area contributed by atoms with Gasteiger partial charge in [-0.05, 0) is 23.8 Å². The molecule has 0 atom stereocenters. The summed E-state index contributed by atoms with van der Waals surface area (Å²) in [4.78, 5) is 0. The maximum absolute atomic E-state index is 6.27. The summed E-state index contributed by atoms with van der Waals surface area (Å²) in [6, 6.07) is 12.8. The van der Waals surface area contributed by atoms with Crippen LogP contribution in [0.5, 0.6) is 5.75 Å². The molecule has 0 aliphatic carbocycles. The standard InChI is InChI=1S/C15H14Cl2N4O.ClH/c16-12-6-4-10(5-7-12)9-22-13-3-1-2-11(14(13)17)8-20-21-15(18)19;/h1-8H,9H2,(H4,18,19,21);1H. The van der Waals surface area contributed by atoms with Crippen molar-refractivity contribution < 1.29 is 4.74 Å². The molecule has 23 heavy (non-hydrogen) atoms. The average Bonchev–Trinajstić information content (AvgIpc) is 2.49. The van der Waals surface area contributed by atoms with E-state index in [-0.39, 0.29) is 18.4 Å². The molecule has 0 aliphatic heterocycles. The molecule has 0 heterocycles. The van der Waals surface area contributed by atoms with Crippen LogP contribution in [0.25, 0.3) is 0 Å². The van der Waals surface area contributed by atoms with Crippen molar-refractivity contribution in [1.82, 2.24) is 0 Å². The van der Waals surface area contributed by atoms with Gasteiger partial charge in [-0.3, -0.25) is 0 Å². The average molecular weight is 374 g/mol. The largest absolute Gasteiger partial charge is 0.487 e. The number of guanidine groups is 1. The van der Waals surface area contributed by atoms with Crippen LogP contribution < -0.4 is 16.2 Å². The van der Waals surface area contributed by atoms with Crippen LogP contribution in [0.15, 0.2) is 52.7 Å². The second kappa shape index (κ2) is 9.25. The molecule has 4 N–H and O–H groups in total. The minimum atomic E-state index is -0.123. The Morgan fingerprint density at radius 3 is 2.43 bits per heavy atom. The summed E-state index contributed by atoms with van der Waals surface area (Å²) in [5, 5.41) is 8.37. The molecule has 2 aromatic carbocycles. The van der Waals surface area contributed by atoms with E-state index in [1.54, 1.807) is 30.3 Å². The molecule has 2 rings (SSSR count). The van der Waals surface area contributed by atoms with Gasteiger partial charge in [0.25, 0.3) is 0 Å². The van der Waals surface area contributed by atoms with Crippen LogP contribution in [0.1, 0.15) is 11.1 Å². The second-order valence-corrected chi connectivity index (χ2v) is 5.16. The lowest BCUT2D eigenvalue weighted by atomic mass is 10.2. The van der Waals surface area contributed by atoms with Crippen LogP contribution in [0, 0.1) is 0 Å². The molecule has 0 saturated heterocycles. The highest BCUT2D eigenvalue weighted by atomic mass is 35.5. The van der Waals surface area contributed by atoms with E-state index in [1.807, 2.05) is 12.1 Å². The molecule has 8 heteroatoms. The molecule has 0 fully saturated rings. The Kier molecular flexibility index (Phi) is 7.68. The maximum Gasteiger partial charge on any atom is 0.211 e. The Hall–Kier alpha value is -1.95. The first-order valence-corrected chi connectivity index (χ1v) is 7.09. The molecule has 2 aromatic rings. The van der Waals surface area contributed by atoms with E-state index in [0.717, 1.165) is 5.56 Å². The normalized spacial score (nSPS) is 10.2. The Morgan fingerprint density at radius 2 is 1.78 bits per heavy atom. The number of benzene rings is 2. The van der Waals surface area contributed by atoms with Gasteiger partial charge < -0.3 is 16.2 Å². The van der Waals surface area contributed by atoms with Gasteiger partial charge in [-0.1, -0.05) is 47.5 Å². The van der Waals surface area contributed by atoms with Gasteiger partial charge in [-0.15, -0.1) is 17.5 Å². The number of nitrogens with zero attached hydrogens (tertiary/aromatic N) is 2. The predicted octanol–water partition coefficient (Wildman–Crippen LogP) is 3.60. The second-order valence-electron chi connectivity index (χ2n) is 4.34. The van der Waals surface area contributed by atoms with Gasteiger partial charge in [-0.25, -0.2) is 0 Å². The van der Waals surface area contributed by atoms with E-state index >= 15 is 0 Å². The van der Waals surface area contributed by atoms with Gasteiger partial charge in [-0.2, -0.15) is 5.10 Å². The van der Waals surface area contributed by atoms with Crippen molar-refractivity contribution in [2.75, 3.05) is 0 Å². The highest BCUT2D eigenvalue weighted by Crippen LogP contribution is 2.28. The van der Waals surface area contributed by atoms with E-state index in [4.69, 9.17) is 39.4 Å². The number of halogens is 3. The summed E-state index contributed by atoms with van der Waals surface area (Å²) in [6.45, 7) is 0.380. The van der Waals surface area contributed by atoms with Crippen LogP contribution in [0.2, 0.25) is 10.0 Å². The molecular formula is C15H15Cl3N4O. The van der Waals surface area contributed by atoms with Crippen LogP contribution in [0.3, 0.4) is 0 Å². The first-order chi connectivity index (χ1) is 10.6. The minimum absolute atomic E-state index is 0. The Labute approximate surface area is 150 Å². The van der Waals surface area contributed by atoms with Gasteiger partial charge in [0, 0.05) is 10.6 Å². The zero-order valence-electron chi connectivity index (χ0n) is 11.9. The Morgan fingerprint density at radius 1 is 1.09 bits per heavy atom. The van der Waals surface area contributed by atoms with Crippen LogP contribution in [-0.2, 0) is 6.61 Å². The summed E-state index contributed by atoms with van der Waals surface area (Å²) in [5.41, 5.74) is 12.0. The van der Waals surface area contributed by atoms with Crippen molar-refractivity contribution in [3.63, 3.8) is 0 Å². The summed E-state index contributed by atoms with van der Waals surface area (Å²) in [6.07, 6.45) is 1.46. The summed E-state index contributed by atoms with van der Waals surface area (Å²) in [7, 11) is 0. The lowest BCUT2D eigenvalue weighted by Gasteiger charge is -2.09. The fraction of sp³-hybridized carbons (Fsp3) is 0.0667. The van der Waals surface area contributed by atoms with E-state index < -0.39 is 0 Å². The van der Waals surface area contributed by atoms with Crippen LogP contribution >= 0.6 is 35.6 Å². The molecule has 0 radical (unpaired) electrons. The summed E-state index contributed by atoms with van der Waals surface area (Å²) >= 11 is 12.1. The third kappa shape index (κ3) is 5.98. The fourth-order valence-electron chi connectivity index (χ4n) is 1.64. The molecule has 0 saturated carbocycles. The van der Waals surface area contributed by atoms with Gasteiger partial charge in [0.15, 0.2) is 0 Å². The van der Waals surface area contributed by atoms with Crippen molar-refractivity contribution in [2.45, 2.75) is 6.61 Å². The zero-order chi connectivity index (χ0) is 15.9. The number of nitrogens with two attached hydrogens (primary N) is 2. The quantitative estimate of drug-likeness (QED) is 0.477. The molecule has 0 amide bonds. The first kappa shape index (κ1) is 19.1.